The van der Waals surface area contributed by atoms with Gasteiger partial charge >= 0.3 is 5.97 Å². The Hall–Kier alpha value is -0.660. The zero-order valence-electron chi connectivity index (χ0n) is 10.9. The first-order chi connectivity index (χ1) is 7.48. The molecule has 0 radical (unpaired) electrons. The smallest absolute Gasteiger partial charge is 0.322 e. The molecule has 2 atom stereocenters. The van der Waals surface area contributed by atoms with E-state index in [0.717, 1.165) is 0 Å². The summed E-state index contributed by atoms with van der Waals surface area (Å²) < 4.78 is 27.9. The number of hydrogen-bond acceptors (Lipinski definition) is 3. The van der Waals surface area contributed by atoms with Crippen LogP contribution in [0.5, 0.6) is 0 Å². The van der Waals surface area contributed by atoms with Gasteiger partial charge < -0.3 is 5.11 Å². The zero-order valence-corrected chi connectivity index (χ0v) is 11.8. The first-order valence-corrected chi connectivity index (χ1v) is 7.01. The molecule has 102 valence electrons. The summed E-state index contributed by atoms with van der Waals surface area (Å²) >= 11 is 0. The minimum absolute atomic E-state index is 0.274. The Morgan fingerprint density at radius 3 is 2.12 bits per heavy atom. The van der Waals surface area contributed by atoms with E-state index in [9.17, 15) is 13.2 Å². The number of nitrogens with one attached hydrogen (secondary N) is 2. The van der Waals surface area contributed by atoms with Gasteiger partial charge in [-0.25, -0.2) is 0 Å². The van der Waals surface area contributed by atoms with Crippen molar-refractivity contribution < 1.29 is 18.3 Å². The Morgan fingerprint density at radius 1 is 1.35 bits per heavy atom. The van der Waals surface area contributed by atoms with E-state index < -0.39 is 27.8 Å². The summed E-state index contributed by atoms with van der Waals surface area (Å²) in [5.41, 5.74) is -0.648. The maximum atomic E-state index is 11.7. The third-order valence-corrected chi connectivity index (χ3v) is 3.65. The molecule has 0 saturated heterocycles. The van der Waals surface area contributed by atoms with Crippen LogP contribution in [-0.2, 0) is 15.0 Å². The molecule has 7 heteroatoms. The van der Waals surface area contributed by atoms with Crippen LogP contribution in [0, 0.1) is 5.92 Å². The molecule has 0 amide bonds. The minimum Gasteiger partial charge on any atom is -0.480 e. The van der Waals surface area contributed by atoms with Crippen molar-refractivity contribution in [1.82, 2.24) is 9.44 Å². The fourth-order valence-electron chi connectivity index (χ4n) is 1.25. The second-order valence-electron chi connectivity index (χ2n) is 5.17. The molecule has 0 aliphatic carbocycles. The highest BCUT2D eigenvalue weighted by Gasteiger charge is 2.30. The Kier molecular flexibility index (Phi) is 5.57. The van der Waals surface area contributed by atoms with Crippen LogP contribution < -0.4 is 9.44 Å². The molecule has 0 aliphatic rings. The molecule has 0 heterocycles. The molecule has 0 bridgehead atoms. The molecule has 0 rings (SSSR count). The lowest BCUT2D eigenvalue weighted by Crippen LogP contribution is -2.53. The zero-order chi connectivity index (χ0) is 13.9. The van der Waals surface area contributed by atoms with E-state index in [0.29, 0.717) is 6.42 Å². The predicted octanol–water partition coefficient (Wildman–Crippen LogP) is 0.708. The van der Waals surface area contributed by atoms with E-state index in [1.165, 1.54) is 0 Å². The van der Waals surface area contributed by atoms with Gasteiger partial charge in [0.25, 0.3) is 10.2 Å². The molecule has 0 aromatic carbocycles. The quantitative estimate of drug-likeness (QED) is 0.659. The maximum absolute atomic E-state index is 11.7. The number of aliphatic carboxylic acids is 1. The fourth-order valence-corrected chi connectivity index (χ4v) is 2.78. The summed E-state index contributed by atoms with van der Waals surface area (Å²) in [6.07, 6.45) is 0.578. The number of rotatable bonds is 6. The summed E-state index contributed by atoms with van der Waals surface area (Å²) in [5.74, 6) is -1.44. The molecule has 6 nitrogen and oxygen atoms in total. The van der Waals surface area contributed by atoms with Crippen LogP contribution in [-0.4, -0.2) is 31.1 Å². The molecule has 17 heavy (non-hydrogen) atoms. The maximum Gasteiger partial charge on any atom is 0.322 e. The third kappa shape index (κ3) is 6.60. The second-order valence-corrected chi connectivity index (χ2v) is 6.62. The summed E-state index contributed by atoms with van der Waals surface area (Å²) in [6.45, 7) is 8.56. The summed E-state index contributed by atoms with van der Waals surface area (Å²) in [6, 6.07) is -1.11. The van der Waals surface area contributed by atoms with Gasteiger partial charge in [0.2, 0.25) is 0 Å². The largest absolute Gasteiger partial charge is 0.480 e. The van der Waals surface area contributed by atoms with Crippen molar-refractivity contribution >= 4 is 16.2 Å². The van der Waals surface area contributed by atoms with Crippen molar-refractivity contribution in [2.75, 3.05) is 0 Å². The van der Waals surface area contributed by atoms with Gasteiger partial charge in [-0.3, -0.25) is 4.79 Å². The molecule has 0 aliphatic heterocycles. The highest BCUT2D eigenvalue weighted by molar-refractivity contribution is 7.87. The molecule has 0 spiro atoms. The molecule has 0 unspecified atom stereocenters. The molecule has 0 aromatic heterocycles. The topological polar surface area (TPSA) is 95.5 Å². The molecular formula is C10H22N2O4S. The van der Waals surface area contributed by atoms with E-state index >= 15 is 0 Å². The summed E-state index contributed by atoms with van der Waals surface area (Å²) in [4.78, 5) is 11.0. The van der Waals surface area contributed by atoms with Crippen molar-refractivity contribution in [1.29, 1.82) is 0 Å². The van der Waals surface area contributed by atoms with Crippen LogP contribution in [0.2, 0.25) is 0 Å². The van der Waals surface area contributed by atoms with Crippen LogP contribution >= 0.6 is 0 Å². The van der Waals surface area contributed by atoms with Gasteiger partial charge in [-0.15, -0.1) is 0 Å². The lowest BCUT2D eigenvalue weighted by Gasteiger charge is -2.24. The van der Waals surface area contributed by atoms with Crippen LogP contribution in [0.4, 0.5) is 0 Å². The van der Waals surface area contributed by atoms with Gasteiger partial charge in [0.05, 0.1) is 0 Å². The van der Waals surface area contributed by atoms with Crippen LogP contribution in [0.3, 0.4) is 0 Å². The van der Waals surface area contributed by atoms with Gasteiger partial charge in [0.1, 0.15) is 6.04 Å². The van der Waals surface area contributed by atoms with Crippen molar-refractivity contribution in [2.45, 2.75) is 52.6 Å². The average Bonchev–Trinajstić information content (AvgIpc) is 2.08. The molecule has 0 aromatic rings. The Bertz CT molecular complexity index is 359. The summed E-state index contributed by atoms with van der Waals surface area (Å²) in [5, 5.41) is 8.98. The predicted molar refractivity (Wildman–Crippen MR) is 65.8 cm³/mol. The summed E-state index contributed by atoms with van der Waals surface area (Å²) in [7, 11) is -3.82. The highest BCUT2D eigenvalue weighted by Crippen LogP contribution is 2.10. The van der Waals surface area contributed by atoms with Gasteiger partial charge in [-0.2, -0.15) is 17.9 Å². The second kappa shape index (κ2) is 5.79. The van der Waals surface area contributed by atoms with Crippen molar-refractivity contribution in [3.05, 3.63) is 0 Å². The molecular weight excluding hydrogens is 244 g/mol. The number of carboxylic acid groups (broad SMARTS) is 1. The Morgan fingerprint density at radius 2 is 1.82 bits per heavy atom. The highest BCUT2D eigenvalue weighted by atomic mass is 32.2. The van der Waals surface area contributed by atoms with E-state index in [4.69, 9.17) is 5.11 Å². The first kappa shape index (κ1) is 16.3. The number of carboxylic acids is 1. The first-order valence-electron chi connectivity index (χ1n) is 5.52. The standard InChI is InChI=1S/C10H22N2O4S/c1-6-7(2)8(9(13)14)11-17(15,16)12-10(3,4)5/h7-8,11-12H,6H2,1-5H3,(H,13,14)/t7-,8-/m0/s1. The SMILES string of the molecule is CC[C@H](C)[C@H](NS(=O)(=O)NC(C)(C)C)C(=O)O. The van der Waals surface area contributed by atoms with Crippen LogP contribution in [0.15, 0.2) is 0 Å². The van der Waals surface area contributed by atoms with E-state index in [1.807, 2.05) is 6.92 Å². The number of hydrogen-bond donors (Lipinski definition) is 3. The lowest BCUT2D eigenvalue weighted by atomic mass is 10.0. The van der Waals surface area contributed by atoms with Gasteiger partial charge in [0, 0.05) is 5.54 Å². The normalized spacial score (nSPS) is 16.5. The Labute approximate surface area is 103 Å². The Balaban J connectivity index is 4.83. The van der Waals surface area contributed by atoms with E-state index in [-0.39, 0.29) is 5.92 Å². The van der Waals surface area contributed by atoms with Gasteiger partial charge in [-0.1, -0.05) is 20.3 Å². The number of carbonyl (C=O) groups is 1. The van der Waals surface area contributed by atoms with Gasteiger partial charge in [0.15, 0.2) is 0 Å². The molecule has 0 saturated carbocycles. The average molecular weight is 266 g/mol. The molecule has 0 fully saturated rings. The van der Waals surface area contributed by atoms with Crippen LogP contribution in [0.25, 0.3) is 0 Å². The molecule has 3 N–H and O–H groups in total. The fraction of sp³-hybridized carbons (Fsp3) is 0.900. The van der Waals surface area contributed by atoms with E-state index in [2.05, 4.69) is 9.44 Å². The van der Waals surface area contributed by atoms with Gasteiger partial charge in [-0.05, 0) is 26.7 Å². The monoisotopic (exact) mass is 266 g/mol. The van der Waals surface area contributed by atoms with Crippen molar-refractivity contribution in [3.63, 3.8) is 0 Å². The lowest BCUT2D eigenvalue weighted by molar-refractivity contribution is -0.140. The van der Waals surface area contributed by atoms with E-state index in [1.54, 1.807) is 27.7 Å². The van der Waals surface area contributed by atoms with Crippen molar-refractivity contribution in [2.24, 2.45) is 5.92 Å². The van der Waals surface area contributed by atoms with Crippen LogP contribution in [0.1, 0.15) is 41.0 Å². The third-order valence-electron chi connectivity index (χ3n) is 2.20. The van der Waals surface area contributed by atoms with Crippen molar-refractivity contribution in [3.8, 4) is 0 Å². The minimum atomic E-state index is -3.82.